The molecule has 0 saturated carbocycles. The fraction of sp³-hybridized carbons (Fsp3) is 0.471. The summed E-state index contributed by atoms with van der Waals surface area (Å²) in [5.74, 6) is 0.695. The zero-order valence-electron chi connectivity index (χ0n) is 15.0. The van der Waals surface area contributed by atoms with Crippen molar-refractivity contribution in [1.82, 2.24) is 14.5 Å². The summed E-state index contributed by atoms with van der Waals surface area (Å²) in [4.78, 5) is 0.257. The lowest BCUT2D eigenvalue weighted by molar-refractivity contribution is 0.397. The maximum Gasteiger partial charge on any atom is 0.240 e. The number of hydrogen-bond donors (Lipinski definition) is 1. The van der Waals surface area contributed by atoms with Gasteiger partial charge in [-0.1, -0.05) is 20.8 Å². The van der Waals surface area contributed by atoms with Crippen LogP contribution in [0.5, 0.6) is 5.75 Å². The predicted octanol–water partition coefficient (Wildman–Crippen LogP) is 3.14. The lowest BCUT2D eigenvalue weighted by Gasteiger charge is -2.23. The molecule has 0 radical (unpaired) electrons. The van der Waals surface area contributed by atoms with Crippen LogP contribution in [0.4, 0.5) is 0 Å². The first-order valence-corrected chi connectivity index (χ1v) is 9.38. The summed E-state index contributed by atoms with van der Waals surface area (Å²) in [5.41, 5.74) is 0.654. The Bertz CT molecular complexity index is 769. The number of halogens is 1. The zero-order chi connectivity index (χ0) is 17.8. The van der Waals surface area contributed by atoms with E-state index in [0.717, 1.165) is 5.56 Å². The maximum atomic E-state index is 12.5. The van der Waals surface area contributed by atoms with Gasteiger partial charge in [0.25, 0.3) is 0 Å². The van der Waals surface area contributed by atoms with Crippen LogP contribution in [0.15, 0.2) is 41.6 Å². The Balaban J connectivity index is 0.00000312. The molecule has 1 aromatic carbocycles. The van der Waals surface area contributed by atoms with E-state index in [1.54, 1.807) is 36.2 Å². The molecule has 0 aliphatic heterocycles. The van der Waals surface area contributed by atoms with Crippen LogP contribution in [0.2, 0.25) is 0 Å². The number of aromatic nitrogens is 2. The number of benzene rings is 1. The van der Waals surface area contributed by atoms with Gasteiger partial charge in [0.1, 0.15) is 5.75 Å². The van der Waals surface area contributed by atoms with Crippen LogP contribution in [-0.2, 0) is 22.0 Å². The van der Waals surface area contributed by atoms with E-state index in [2.05, 4.69) is 9.82 Å². The molecule has 0 atom stereocenters. The standard InChI is InChI=1S/C17H25N3O3S.BrH/c1-17(2,3)15-13-14(7-8-16(15)23-4)24(21,22)19-10-6-12-20-11-5-9-18-20;/h5,7-9,11,13,19H,6,10,12H2,1-4H3;1H. The summed E-state index contributed by atoms with van der Waals surface area (Å²) in [6.45, 7) is 7.11. The van der Waals surface area contributed by atoms with Gasteiger partial charge in [0, 0.05) is 31.0 Å². The minimum atomic E-state index is -3.54. The quantitative estimate of drug-likeness (QED) is 0.683. The Labute approximate surface area is 160 Å². The van der Waals surface area contributed by atoms with Crippen molar-refractivity contribution >= 4 is 27.0 Å². The van der Waals surface area contributed by atoms with Crippen molar-refractivity contribution < 1.29 is 13.2 Å². The number of nitrogens with zero attached hydrogens (tertiary/aromatic N) is 2. The highest BCUT2D eigenvalue weighted by Crippen LogP contribution is 2.33. The SMILES string of the molecule is Br.COc1ccc(S(=O)(=O)NCCCn2cccn2)cc1C(C)(C)C. The second-order valence-electron chi connectivity index (χ2n) is 6.63. The summed E-state index contributed by atoms with van der Waals surface area (Å²) < 4.78 is 34.8. The van der Waals surface area contributed by atoms with E-state index in [1.165, 1.54) is 0 Å². The molecule has 0 aliphatic rings. The lowest BCUT2D eigenvalue weighted by Crippen LogP contribution is -2.26. The Morgan fingerprint density at radius 1 is 1.28 bits per heavy atom. The van der Waals surface area contributed by atoms with E-state index < -0.39 is 10.0 Å². The Hall–Kier alpha value is -1.38. The first kappa shape index (κ1) is 21.7. The molecule has 2 aromatic rings. The third-order valence-corrected chi connectivity index (χ3v) is 5.16. The van der Waals surface area contributed by atoms with Gasteiger partial charge >= 0.3 is 0 Å². The molecule has 1 aromatic heterocycles. The number of nitrogens with one attached hydrogen (secondary N) is 1. The third-order valence-electron chi connectivity index (χ3n) is 3.70. The molecule has 0 aliphatic carbocycles. The van der Waals surface area contributed by atoms with E-state index in [1.807, 2.05) is 33.0 Å². The molecule has 0 bridgehead atoms. The molecular formula is C17H26BrN3O3S. The minimum Gasteiger partial charge on any atom is -0.496 e. The van der Waals surface area contributed by atoms with Crippen molar-refractivity contribution in [3.05, 3.63) is 42.2 Å². The van der Waals surface area contributed by atoms with E-state index in [0.29, 0.717) is 25.3 Å². The molecule has 140 valence electrons. The van der Waals surface area contributed by atoms with E-state index in [9.17, 15) is 8.42 Å². The van der Waals surface area contributed by atoms with Gasteiger partial charge in [-0.3, -0.25) is 4.68 Å². The fourth-order valence-corrected chi connectivity index (χ4v) is 3.50. The highest BCUT2D eigenvalue weighted by atomic mass is 79.9. The average molecular weight is 432 g/mol. The van der Waals surface area contributed by atoms with Crippen LogP contribution in [0, 0.1) is 0 Å². The molecule has 0 unspecified atom stereocenters. The molecule has 0 spiro atoms. The lowest BCUT2D eigenvalue weighted by atomic mass is 9.86. The molecule has 0 saturated heterocycles. The molecule has 0 amide bonds. The number of methoxy groups -OCH3 is 1. The fourth-order valence-electron chi connectivity index (χ4n) is 2.40. The van der Waals surface area contributed by atoms with E-state index in [-0.39, 0.29) is 27.3 Å². The molecule has 2 rings (SSSR count). The van der Waals surface area contributed by atoms with Gasteiger partial charge < -0.3 is 4.74 Å². The maximum absolute atomic E-state index is 12.5. The second kappa shape index (κ2) is 8.82. The summed E-state index contributed by atoms with van der Waals surface area (Å²) in [6.07, 6.45) is 4.23. The van der Waals surface area contributed by atoms with Gasteiger partial charge in [-0.15, -0.1) is 17.0 Å². The van der Waals surface area contributed by atoms with Crippen LogP contribution in [0.25, 0.3) is 0 Å². The van der Waals surface area contributed by atoms with Crippen molar-refractivity contribution in [1.29, 1.82) is 0 Å². The largest absolute Gasteiger partial charge is 0.496 e. The van der Waals surface area contributed by atoms with Crippen LogP contribution in [-0.4, -0.2) is 31.9 Å². The van der Waals surface area contributed by atoms with Gasteiger partial charge in [-0.2, -0.15) is 5.10 Å². The van der Waals surface area contributed by atoms with Crippen LogP contribution >= 0.6 is 17.0 Å². The van der Waals surface area contributed by atoms with E-state index in [4.69, 9.17) is 4.74 Å². The molecule has 1 N–H and O–H groups in total. The number of hydrogen-bond acceptors (Lipinski definition) is 4. The number of rotatable bonds is 7. The summed E-state index contributed by atoms with van der Waals surface area (Å²) in [7, 11) is -1.95. The van der Waals surface area contributed by atoms with Crippen LogP contribution < -0.4 is 9.46 Å². The van der Waals surface area contributed by atoms with Gasteiger partial charge in [-0.05, 0) is 36.1 Å². The van der Waals surface area contributed by atoms with Gasteiger partial charge in [-0.25, -0.2) is 13.1 Å². The van der Waals surface area contributed by atoms with E-state index >= 15 is 0 Å². The third kappa shape index (κ3) is 5.83. The van der Waals surface area contributed by atoms with Gasteiger partial charge in [0.2, 0.25) is 10.0 Å². The molecular weight excluding hydrogens is 406 g/mol. The Morgan fingerprint density at radius 2 is 2.00 bits per heavy atom. The average Bonchev–Trinajstić information content (AvgIpc) is 3.03. The molecule has 1 heterocycles. The van der Waals surface area contributed by atoms with Crippen molar-refractivity contribution in [3.63, 3.8) is 0 Å². The van der Waals surface area contributed by atoms with Crippen molar-refractivity contribution in [3.8, 4) is 5.75 Å². The molecule has 0 fully saturated rings. The van der Waals surface area contributed by atoms with Crippen molar-refractivity contribution in [2.24, 2.45) is 0 Å². The molecule has 8 heteroatoms. The zero-order valence-corrected chi connectivity index (χ0v) is 17.6. The molecule has 25 heavy (non-hydrogen) atoms. The monoisotopic (exact) mass is 431 g/mol. The van der Waals surface area contributed by atoms with Gasteiger partial charge in [0.05, 0.1) is 12.0 Å². The summed E-state index contributed by atoms with van der Waals surface area (Å²) in [6, 6.07) is 6.81. The van der Waals surface area contributed by atoms with Crippen molar-refractivity contribution in [2.75, 3.05) is 13.7 Å². The number of ether oxygens (including phenoxy) is 1. The normalized spacial score (nSPS) is 11.8. The van der Waals surface area contributed by atoms with Crippen LogP contribution in [0.1, 0.15) is 32.8 Å². The topological polar surface area (TPSA) is 73.2 Å². The summed E-state index contributed by atoms with van der Waals surface area (Å²) >= 11 is 0. The van der Waals surface area contributed by atoms with Crippen LogP contribution in [0.3, 0.4) is 0 Å². The number of sulfonamides is 1. The van der Waals surface area contributed by atoms with Crippen molar-refractivity contribution in [2.45, 2.75) is 44.0 Å². The number of aryl methyl sites for hydroxylation is 1. The summed E-state index contributed by atoms with van der Waals surface area (Å²) in [5, 5.41) is 4.09. The second-order valence-corrected chi connectivity index (χ2v) is 8.40. The first-order valence-electron chi connectivity index (χ1n) is 7.89. The molecule has 6 nitrogen and oxygen atoms in total. The first-order chi connectivity index (χ1) is 11.2. The minimum absolute atomic E-state index is 0. The van der Waals surface area contributed by atoms with Gasteiger partial charge in [0.15, 0.2) is 0 Å². The highest BCUT2D eigenvalue weighted by Gasteiger charge is 2.22. The predicted molar refractivity (Wildman–Crippen MR) is 104 cm³/mol. The Kier molecular flexibility index (Phi) is 7.64. The smallest absolute Gasteiger partial charge is 0.240 e. The highest BCUT2D eigenvalue weighted by molar-refractivity contribution is 8.93. The Morgan fingerprint density at radius 3 is 2.56 bits per heavy atom.